The highest BCUT2D eigenvalue weighted by atomic mass is 19.4. The van der Waals surface area contributed by atoms with Crippen LogP contribution < -0.4 is 20.3 Å². The van der Waals surface area contributed by atoms with Crippen LogP contribution in [-0.2, 0) is 4.79 Å². The average Bonchev–Trinajstić information content (AvgIpc) is 3.31. The summed E-state index contributed by atoms with van der Waals surface area (Å²) in [7, 11) is 5.53. The number of nitrogens with zero attached hydrogens (tertiary/aromatic N) is 6. The third kappa shape index (κ3) is 8.06. The van der Waals surface area contributed by atoms with E-state index in [9.17, 15) is 18.0 Å². The van der Waals surface area contributed by atoms with Crippen molar-refractivity contribution in [3.8, 4) is 17.0 Å². The molecule has 2 N–H and O–H groups in total. The molecular formula is C31H36F4N8O2. The molecule has 14 heteroatoms. The number of imidazole rings is 1. The fourth-order valence-electron chi connectivity index (χ4n) is 4.78. The number of rotatable bonds is 12. The van der Waals surface area contributed by atoms with E-state index in [-0.39, 0.29) is 28.9 Å². The Labute approximate surface area is 258 Å². The predicted octanol–water partition coefficient (Wildman–Crippen LogP) is 6.33. The van der Waals surface area contributed by atoms with Gasteiger partial charge in [-0.15, -0.1) is 0 Å². The lowest BCUT2D eigenvalue weighted by atomic mass is 10.1. The Hall–Kier alpha value is -4.72. The summed E-state index contributed by atoms with van der Waals surface area (Å²) in [4.78, 5) is 29.1. The van der Waals surface area contributed by atoms with E-state index in [4.69, 9.17) is 4.74 Å². The second kappa shape index (κ2) is 13.5. The van der Waals surface area contributed by atoms with Gasteiger partial charge >= 0.3 is 6.18 Å². The quantitative estimate of drug-likeness (QED) is 0.139. The number of fused-ring (bicyclic) bond motifs is 1. The molecule has 0 unspecified atom stereocenters. The molecule has 2 aromatic carbocycles. The normalized spacial score (nSPS) is 11.7. The molecular weight excluding hydrogens is 592 g/mol. The Morgan fingerprint density at radius 2 is 1.84 bits per heavy atom. The van der Waals surface area contributed by atoms with Crippen molar-refractivity contribution in [2.45, 2.75) is 33.0 Å². The van der Waals surface area contributed by atoms with E-state index < -0.39 is 24.5 Å². The van der Waals surface area contributed by atoms with Gasteiger partial charge in [-0.05, 0) is 65.2 Å². The molecule has 0 bridgehead atoms. The maximum Gasteiger partial charge on any atom is 0.422 e. The van der Waals surface area contributed by atoms with E-state index in [1.165, 1.54) is 24.4 Å². The number of likely N-dealkylation sites (N-methyl/N-ethyl adjacent to an activating group) is 2. The van der Waals surface area contributed by atoms with Crippen molar-refractivity contribution in [3.05, 3.63) is 60.8 Å². The standard InChI is InChI=1S/C31H36F4N8O2/c1-8-28(44)38-23-15-24(27(45-17-31(33,34)35)16-25(23)42(7)12-11-41(5)6)40-30-36-10-9-22(39-30)20-13-21(32)29-26(14-20)43(18(2)3)19(4)37-29/h8-10,13-16,18H,1,11-12,17H2,2-7H3,(H,38,44)(H,36,39,40). The molecule has 1 amide bonds. The molecule has 0 aliphatic carbocycles. The first-order chi connectivity index (χ1) is 21.2. The van der Waals surface area contributed by atoms with E-state index in [1.54, 1.807) is 31.0 Å². The summed E-state index contributed by atoms with van der Waals surface area (Å²) < 4.78 is 62.0. The minimum atomic E-state index is -4.61. The van der Waals surface area contributed by atoms with Crippen LogP contribution >= 0.6 is 0 Å². The molecule has 0 atom stereocenters. The molecule has 0 saturated carbocycles. The summed E-state index contributed by atoms with van der Waals surface area (Å²) >= 11 is 0. The smallest absolute Gasteiger partial charge is 0.422 e. The van der Waals surface area contributed by atoms with Crippen LogP contribution in [0.3, 0.4) is 0 Å². The van der Waals surface area contributed by atoms with Gasteiger partial charge < -0.3 is 29.7 Å². The van der Waals surface area contributed by atoms with Gasteiger partial charge in [0.1, 0.15) is 17.1 Å². The zero-order valence-electron chi connectivity index (χ0n) is 26.0. The molecule has 0 fully saturated rings. The minimum Gasteiger partial charge on any atom is -0.482 e. The molecule has 0 aliphatic heterocycles. The van der Waals surface area contributed by atoms with Gasteiger partial charge in [0, 0.05) is 44.0 Å². The van der Waals surface area contributed by atoms with E-state index >= 15 is 4.39 Å². The molecule has 0 spiro atoms. The molecule has 10 nitrogen and oxygen atoms in total. The summed E-state index contributed by atoms with van der Waals surface area (Å²) in [6.07, 6.45) is -2.08. The van der Waals surface area contributed by atoms with Gasteiger partial charge in [-0.2, -0.15) is 13.2 Å². The van der Waals surface area contributed by atoms with Crippen molar-refractivity contribution >= 4 is 40.0 Å². The van der Waals surface area contributed by atoms with Gasteiger partial charge in [0.25, 0.3) is 0 Å². The summed E-state index contributed by atoms with van der Waals surface area (Å²) in [6, 6.07) is 7.58. The van der Waals surface area contributed by atoms with Crippen LogP contribution in [0.4, 0.5) is 40.6 Å². The van der Waals surface area contributed by atoms with Crippen molar-refractivity contribution in [1.29, 1.82) is 0 Å². The van der Waals surface area contributed by atoms with Crippen LogP contribution in [0, 0.1) is 12.7 Å². The van der Waals surface area contributed by atoms with Crippen LogP contribution in [0.15, 0.2) is 49.2 Å². The SMILES string of the molecule is C=CC(=O)Nc1cc(Nc2nccc(-c3cc(F)c4nc(C)n(C(C)C)c4c3)n2)c(OCC(F)(F)F)cc1N(C)CCN(C)C. The number of aryl methyl sites for hydroxylation is 1. The van der Waals surface area contributed by atoms with Crippen molar-refractivity contribution in [1.82, 2.24) is 24.4 Å². The molecule has 2 heterocycles. The highest BCUT2D eigenvalue weighted by Crippen LogP contribution is 2.39. The Balaban J connectivity index is 1.78. The van der Waals surface area contributed by atoms with Crippen LogP contribution in [0.2, 0.25) is 0 Å². The molecule has 2 aromatic heterocycles. The lowest BCUT2D eigenvalue weighted by Gasteiger charge is -2.26. The van der Waals surface area contributed by atoms with E-state index in [0.717, 1.165) is 6.08 Å². The van der Waals surface area contributed by atoms with E-state index in [0.29, 0.717) is 47.1 Å². The fraction of sp³-hybridized carbons (Fsp3) is 0.355. The maximum absolute atomic E-state index is 15.2. The molecule has 240 valence electrons. The summed E-state index contributed by atoms with van der Waals surface area (Å²) in [5.41, 5.74) is 2.45. The second-order valence-electron chi connectivity index (χ2n) is 11.0. The number of anilines is 4. The lowest BCUT2D eigenvalue weighted by Crippen LogP contribution is -2.29. The van der Waals surface area contributed by atoms with Crippen molar-refractivity contribution < 1.29 is 27.1 Å². The second-order valence-corrected chi connectivity index (χ2v) is 11.0. The van der Waals surface area contributed by atoms with Gasteiger partial charge in [-0.1, -0.05) is 6.58 Å². The third-order valence-corrected chi connectivity index (χ3v) is 6.87. The highest BCUT2D eigenvalue weighted by molar-refractivity contribution is 6.02. The molecule has 0 aliphatic rings. The zero-order chi connectivity index (χ0) is 33.1. The largest absolute Gasteiger partial charge is 0.482 e. The molecule has 45 heavy (non-hydrogen) atoms. The number of alkyl halides is 3. The van der Waals surface area contributed by atoms with Crippen molar-refractivity contribution in [2.24, 2.45) is 0 Å². The molecule has 0 radical (unpaired) electrons. The van der Waals surface area contributed by atoms with Gasteiger partial charge in [-0.3, -0.25) is 4.79 Å². The van der Waals surface area contributed by atoms with Crippen LogP contribution in [0.5, 0.6) is 5.75 Å². The highest BCUT2D eigenvalue weighted by Gasteiger charge is 2.29. The summed E-state index contributed by atoms with van der Waals surface area (Å²) in [6.45, 7) is 8.82. The first kappa shape index (κ1) is 33.2. The lowest BCUT2D eigenvalue weighted by molar-refractivity contribution is -0.153. The molecule has 4 aromatic rings. The number of aromatic nitrogens is 4. The topological polar surface area (TPSA) is 100 Å². The number of carbonyl (C=O) groups excluding carboxylic acids is 1. The Morgan fingerprint density at radius 1 is 1.11 bits per heavy atom. The fourth-order valence-corrected chi connectivity index (χ4v) is 4.78. The zero-order valence-corrected chi connectivity index (χ0v) is 26.0. The molecule has 0 saturated heterocycles. The Bertz CT molecular complexity index is 1700. The number of hydrogen-bond acceptors (Lipinski definition) is 8. The van der Waals surface area contributed by atoms with Gasteiger partial charge in [0.15, 0.2) is 12.4 Å². The first-order valence-electron chi connectivity index (χ1n) is 14.1. The number of halogens is 4. The average molecular weight is 629 g/mol. The van der Waals surface area contributed by atoms with E-state index in [1.807, 2.05) is 37.4 Å². The number of hydrogen-bond donors (Lipinski definition) is 2. The minimum absolute atomic E-state index is 0.00752. The van der Waals surface area contributed by atoms with Crippen molar-refractivity contribution in [2.75, 3.05) is 56.4 Å². The maximum atomic E-state index is 15.2. The van der Waals surface area contributed by atoms with Crippen LogP contribution in [0.1, 0.15) is 25.7 Å². The summed E-state index contributed by atoms with van der Waals surface area (Å²) in [5.74, 6) is -0.500. The van der Waals surface area contributed by atoms with Gasteiger partial charge in [0.05, 0.1) is 28.3 Å². The van der Waals surface area contributed by atoms with Crippen LogP contribution in [0.25, 0.3) is 22.3 Å². The molecule has 4 rings (SSSR count). The monoisotopic (exact) mass is 628 g/mol. The van der Waals surface area contributed by atoms with Gasteiger partial charge in [0.2, 0.25) is 11.9 Å². The number of nitrogens with one attached hydrogen (secondary N) is 2. The predicted molar refractivity (Wildman–Crippen MR) is 168 cm³/mol. The number of carbonyl (C=O) groups is 1. The van der Waals surface area contributed by atoms with E-state index in [2.05, 4.69) is 32.2 Å². The van der Waals surface area contributed by atoms with Crippen LogP contribution in [-0.4, -0.2) is 77.3 Å². The summed E-state index contributed by atoms with van der Waals surface area (Å²) in [5, 5.41) is 5.63. The van der Waals surface area contributed by atoms with Gasteiger partial charge in [-0.25, -0.2) is 19.3 Å². The number of ether oxygens (including phenoxy) is 1. The Morgan fingerprint density at radius 3 is 2.49 bits per heavy atom. The Kier molecular flexibility index (Phi) is 9.96. The van der Waals surface area contributed by atoms with Crippen molar-refractivity contribution in [3.63, 3.8) is 0 Å². The first-order valence-corrected chi connectivity index (χ1v) is 14.1. The number of amides is 1. The third-order valence-electron chi connectivity index (χ3n) is 6.87. The number of benzene rings is 2.